The van der Waals surface area contributed by atoms with E-state index in [1.807, 2.05) is 0 Å². The molecule has 0 aliphatic heterocycles. The van der Waals surface area contributed by atoms with Gasteiger partial charge in [-0.3, -0.25) is 4.90 Å². The highest BCUT2D eigenvalue weighted by Gasteiger charge is 1.95. The highest BCUT2D eigenvalue weighted by atomic mass is 15.1. The average molecular weight is 120 g/mol. The minimum absolute atomic E-state index is 0.00986. The van der Waals surface area contributed by atoms with Crippen molar-refractivity contribution in [2.24, 2.45) is 0 Å². The maximum atomic E-state index is 8.16. The minimum Gasteiger partial charge on any atom is -0.282 e. The molecule has 0 aliphatic carbocycles. The maximum Gasteiger partial charge on any atom is 0.181 e. The van der Waals surface area contributed by atoms with E-state index < -0.39 is 0 Å². The first kappa shape index (κ1) is 7.27. The van der Waals surface area contributed by atoms with Crippen LogP contribution >= 0.6 is 0 Å². The molecule has 0 unspecified atom stereocenters. The summed E-state index contributed by atoms with van der Waals surface area (Å²) in [7, 11) is 0. The van der Waals surface area contributed by atoms with Gasteiger partial charge < -0.3 is 0 Å². The van der Waals surface area contributed by atoms with Crippen LogP contribution in [0.4, 0.5) is 0 Å². The molecule has 0 radical (unpaired) electrons. The van der Waals surface area contributed by atoms with Crippen LogP contribution in [0.2, 0.25) is 0 Å². The van der Waals surface area contributed by atoms with Gasteiger partial charge in [0.15, 0.2) is 6.19 Å². The lowest BCUT2D eigenvalue weighted by Gasteiger charge is -2.02. The van der Waals surface area contributed by atoms with Crippen LogP contribution in [0.5, 0.6) is 0 Å². The van der Waals surface area contributed by atoms with E-state index in [0.717, 1.165) is 4.90 Å². The summed E-state index contributed by atoms with van der Waals surface area (Å²) in [5.74, 6) is 0. The van der Waals surface area contributed by atoms with Crippen molar-refractivity contribution in [2.75, 3.05) is 13.1 Å². The molecule has 0 heterocycles. The Morgan fingerprint density at radius 3 is 1.67 bits per heavy atom. The van der Waals surface area contributed by atoms with Crippen LogP contribution in [0.3, 0.4) is 0 Å². The van der Waals surface area contributed by atoms with E-state index in [2.05, 4.69) is 0 Å². The van der Waals surface area contributed by atoms with Gasteiger partial charge in [0.05, 0.1) is 12.1 Å². The second-order valence-corrected chi connectivity index (χ2v) is 1.27. The Kier molecular flexibility index (Phi) is 3.58. The predicted octanol–water partition coefficient (Wildman–Crippen LogP) is -0.183. The van der Waals surface area contributed by atoms with Crippen LogP contribution in [-0.4, -0.2) is 18.0 Å². The predicted molar refractivity (Wildman–Crippen MR) is 28.4 cm³/mol. The number of nitriles is 3. The first-order chi connectivity index (χ1) is 4.35. The molecule has 44 valence electrons. The van der Waals surface area contributed by atoms with Gasteiger partial charge in [-0.15, -0.1) is 0 Å². The molecule has 0 saturated carbocycles. The minimum atomic E-state index is -0.00986. The van der Waals surface area contributed by atoms with E-state index in [-0.39, 0.29) is 13.1 Å². The number of rotatable bonds is 2. The van der Waals surface area contributed by atoms with E-state index in [1.54, 1.807) is 18.3 Å². The van der Waals surface area contributed by atoms with Crippen molar-refractivity contribution in [3.05, 3.63) is 0 Å². The van der Waals surface area contributed by atoms with Crippen LogP contribution in [-0.2, 0) is 0 Å². The lowest BCUT2D eigenvalue weighted by molar-refractivity contribution is 0.491. The molecule has 0 saturated heterocycles. The third-order valence-corrected chi connectivity index (χ3v) is 0.665. The van der Waals surface area contributed by atoms with Crippen LogP contribution < -0.4 is 0 Å². The third-order valence-electron chi connectivity index (χ3n) is 0.665. The third kappa shape index (κ3) is 2.91. The van der Waals surface area contributed by atoms with Gasteiger partial charge >= 0.3 is 0 Å². The summed E-state index contributed by atoms with van der Waals surface area (Å²) in [6.07, 6.45) is 1.69. The first-order valence-corrected chi connectivity index (χ1v) is 2.23. The molecule has 0 aliphatic rings. The summed E-state index contributed by atoms with van der Waals surface area (Å²) in [5, 5.41) is 24.2. The number of hydrogen-bond donors (Lipinski definition) is 0. The van der Waals surface area contributed by atoms with E-state index in [0.29, 0.717) is 0 Å². The lowest BCUT2D eigenvalue weighted by Crippen LogP contribution is -2.17. The Bertz CT molecular complexity index is 172. The van der Waals surface area contributed by atoms with Crippen molar-refractivity contribution in [2.45, 2.75) is 0 Å². The SMILES string of the molecule is N#CCN(C#N)CC#N. The van der Waals surface area contributed by atoms with Crippen LogP contribution in [0, 0.1) is 34.1 Å². The van der Waals surface area contributed by atoms with Gasteiger partial charge in [0.1, 0.15) is 13.1 Å². The standard InChI is InChI=1S/C5H4N4/c6-1-3-9(5-8)4-2-7/h3-4H2. The Morgan fingerprint density at radius 2 is 1.44 bits per heavy atom. The van der Waals surface area contributed by atoms with Gasteiger partial charge in [0.2, 0.25) is 0 Å². The smallest absolute Gasteiger partial charge is 0.181 e. The van der Waals surface area contributed by atoms with Gasteiger partial charge in [-0.1, -0.05) is 0 Å². The molecule has 0 aromatic heterocycles. The lowest BCUT2D eigenvalue weighted by atomic mass is 10.5. The second kappa shape index (κ2) is 4.43. The largest absolute Gasteiger partial charge is 0.282 e. The monoisotopic (exact) mass is 120 g/mol. The van der Waals surface area contributed by atoms with Crippen LogP contribution in [0.1, 0.15) is 0 Å². The Morgan fingerprint density at radius 1 is 1.00 bits per heavy atom. The molecule has 0 rings (SSSR count). The summed E-state index contributed by atoms with van der Waals surface area (Å²) in [4.78, 5) is 1.07. The highest BCUT2D eigenvalue weighted by Crippen LogP contribution is 1.79. The first-order valence-electron chi connectivity index (χ1n) is 2.23. The van der Waals surface area contributed by atoms with Gasteiger partial charge in [-0.2, -0.15) is 15.8 Å². The van der Waals surface area contributed by atoms with Crippen molar-refractivity contribution < 1.29 is 0 Å². The molecule has 0 fully saturated rings. The molecule has 0 N–H and O–H groups in total. The fourth-order valence-corrected chi connectivity index (χ4v) is 0.297. The zero-order chi connectivity index (χ0) is 7.11. The molecule has 0 aromatic rings. The second-order valence-electron chi connectivity index (χ2n) is 1.27. The summed E-state index contributed by atoms with van der Waals surface area (Å²) < 4.78 is 0. The summed E-state index contributed by atoms with van der Waals surface area (Å²) in [6.45, 7) is -0.0197. The summed E-state index contributed by atoms with van der Waals surface area (Å²) in [5.41, 5.74) is 0. The molecule has 4 heteroatoms. The van der Waals surface area contributed by atoms with Crippen LogP contribution in [0.25, 0.3) is 0 Å². The van der Waals surface area contributed by atoms with Gasteiger partial charge in [0, 0.05) is 0 Å². The molecular formula is C5H4N4. The summed E-state index contributed by atoms with van der Waals surface area (Å²) >= 11 is 0. The molecule has 0 atom stereocenters. The normalized spacial score (nSPS) is 6.33. The van der Waals surface area contributed by atoms with Crippen molar-refractivity contribution in [1.29, 1.82) is 15.8 Å². The average Bonchev–Trinajstić information content (AvgIpc) is 1.88. The van der Waals surface area contributed by atoms with Crippen molar-refractivity contribution in [1.82, 2.24) is 4.90 Å². The molecule has 9 heavy (non-hydrogen) atoms. The zero-order valence-corrected chi connectivity index (χ0v) is 4.70. The molecule has 0 bridgehead atoms. The quantitative estimate of drug-likeness (QED) is 0.287. The van der Waals surface area contributed by atoms with E-state index in [9.17, 15) is 0 Å². The van der Waals surface area contributed by atoms with Crippen molar-refractivity contribution in [3.63, 3.8) is 0 Å². The molecule has 0 amide bonds. The fraction of sp³-hybridized carbons (Fsp3) is 0.400. The zero-order valence-electron chi connectivity index (χ0n) is 4.70. The van der Waals surface area contributed by atoms with E-state index >= 15 is 0 Å². The maximum absolute atomic E-state index is 8.16. The molecule has 0 aromatic carbocycles. The Hall–Kier alpha value is -1.73. The van der Waals surface area contributed by atoms with Gasteiger partial charge in [-0.05, 0) is 0 Å². The fourth-order valence-electron chi connectivity index (χ4n) is 0.297. The highest BCUT2D eigenvalue weighted by molar-refractivity contribution is 4.90. The van der Waals surface area contributed by atoms with Gasteiger partial charge in [0.25, 0.3) is 0 Å². The topological polar surface area (TPSA) is 74.6 Å². The molecule has 4 nitrogen and oxygen atoms in total. The van der Waals surface area contributed by atoms with Crippen LogP contribution in [0.15, 0.2) is 0 Å². The summed E-state index contributed by atoms with van der Waals surface area (Å²) in [6, 6.07) is 3.51. The Balaban J connectivity index is 3.65. The Labute approximate surface area is 53.1 Å². The molecule has 0 spiro atoms. The van der Waals surface area contributed by atoms with Gasteiger partial charge in [-0.25, -0.2) is 0 Å². The van der Waals surface area contributed by atoms with E-state index in [4.69, 9.17) is 15.8 Å². The number of nitrogens with zero attached hydrogens (tertiary/aromatic N) is 4. The van der Waals surface area contributed by atoms with Crippen molar-refractivity contribution in [3.8, 4) is 18.3 Å². The van der Waals surface area contributed by atoms with E-state index in [1.165, 1.54) is 0 Å². The van der Waals surface area contributed by atoms with Crippen molar-refractivity contribution >= 4 is 0 Å². The molecular weight excluding hydrogens is 116 g/mol. The number of hydrogen-bond acceptors (Lipinski definition) is 4.